The van der Waals surface area contributed by atoms with Crippen molar-refractivity contribution < 1.29 is 0 Å². The Morgan fingerprint density at radius 1 is 0.471 bits per heavy atom. The molecular weight excluding hydrogens is 220 g/mol. The van der Waals surface area contributed by atoms with E-state index in [0.717, 1.165) is 0 Å². The predicted octanol–water partition coefficient (Wildman–Crippen LogP) is 6.64. The molecule has 0 aromatic rings. The summed E-state index contributed by atoms with van der Waals surface area (Å²) in [6.45, 7) is 9.44. The molecule has 0 fully saturated rings. The van der Waals surface area contributed by atoms with Crippen molar-refractivity contribution in [3.63, 3.8) is 0 Å². The van der Waals surface area contributed by atoms with Gasteiger partial charge in [0.15, 0.2) is 0 Å². The van der Waals surface area contributed by atoms with Crippen LogP contribution in [-0.2, 0) is 0 Å². The van der Waals surface area contributed by atoms with Crippen LogP contribution in [0.5, 0.6) is 0 Å². The van der Waals surface area contributed by atoms with Gasteiger partial charge in [0.25, 0.3) is 0 Å². The first kappa shape index (κ1) is 17.2. The number of unbranched alkanes of at least 4 members (excludes halogenated alkanes) is 4. The Bertz CT molecular complexity index is 116. The fourth-order valence-electron chi connectivity index (χ4n) is 2.96. The molecule has 0 spiro atoms. The third kappa shape index (κ3) is 8.02. The zero-order valence-electron chi connectivity index (χ0n) is 13.0. The molecule has 0 amide bonds. The summed E-state index contributed by atoms with van der Waals surface area (Å²) in [5, 5.41) is 0. The molecule has 0 unspecified atom stereocenters. The van der Waals surface area contributed by atoms with Crippen LogP contribution in [0, 0.1) is 0 Å². The van der Waals surface area contributed by atoms with E-state index in [9.17, 15) is 0 Å². The quantitative estimate of drug-likeness (QED) is 0.343. The molecule has 0 aromatic heterocycles. The second-order valence-electron chi connectivity index (χ2n) is 5.91. The molecule has 1 heteroatoms. The predicted molar refractivity (Wildman–Crippen MR) is 84.6 cm³/mol. The summed E-state index contributed by atoms with van der Waals surface area (Å²) in [5.41, 5.74) is 0. The van der Waals surface area contributed by atoms with Crippen LogP contribution in [-0.4, -0.2) is 8.07 Å². The van der Waals surface area contributed by atoms with E-state index in [1.54, 1.807) is 24.2 Å². The maximum Gasteiger partial charge on any atom is 0.0535 e. The maximum atomic E-state index is 2.36. The molecule has 0 N–H and O–H groups in total. The van der Waals surface area contributed by atoms with Crippen LogP contribution in [0.3, 0.4) is 0 Å². The summed E-state index contributed by atoms with van der Waals surface area (Å²) in [5.74, 6) is 0. The molecule has 0 atom stereocenters. The highest BCUT2D eigenvalue weighted by Crippen LogP contribution is 2.33. The average molecular weight is 257 g/mol. The van der Waals surface area contributed by atoms with Crippen LogP contribution in [0.15, 0.2) is 0 Å². The topological polar surface area (TPSA) is 0 Å². The van der Waals surface area contributed by atoms with Crippen LogP contribution in [0.4, 0.5) is 0 Å². The van der Waals surface area contributed by atoms with E-state index in [4.69, 9.17) is 0 Å². The molecule has 0 saturated heterocycles. The average Bonchev–Trinajstić information content (AvgIpc) is 2.37. The summed E-state index contributed by atoms with van der Waals surface area (Å²) in [7, 11) is -0.879. The van der Waals surface area contributed by atoms with Gasteiger partial charge in [-0.15, -0.1) is 0 Å². The van der Waals surface area contributed by atoms with Gasteiger partial charge in [-0.3, -0.25) is 0 Å². The van der Waals surface area contributed by atoms with Crippen LogP contribution in [0.2, 0.25) is 24.2 Å². The highest BCUT2D eigenvalue weighted by atomic mass is 28.3. The van der Waals surface area contributed by atoms with E-state index in [2.05, 4.69) is 27.7 Å². The lowest BCUT2D eigenvalue weighted by Crippen LogP contribution is -2.33. The monoisotopic (exact) mass is 256 g/mol. The molecule has 0 aliphatic rings. The lowest BCUT2D eigenvalue weighted by Gasteiger charge is -2.32. The highest BCUT2D eigenvalue weighted by Gasteiger charge is 2.29. The molecule has 0 nitrogen and oxygen atoms in total. The van der Waals surface area contributed by atoms with Crippen molar-refractivity contribution in [1.29, 1.82) is 0 Å². The second-order valence-corrected chi connectivity index (χ2v) is 10.9. The minimum atomic E-state index is -0.879. The molecular formula is C16H36Si. The lowest BCUT2D eigenvalue weighted by molar-refractivity contribution is 0.762. The van der Waals surface area contributed by atoms with Crippen molar-refractivity contribution in [2.45, 2.75) is 103 Å². The third-order valence-corrected chi connectivity index (χ3v) is 9.90. The molecule has 17 heavy (non-hydrogen) atoms. The van der Waals surface area contributed by atoms with Crippen LogP contribution in [0.1, 0.15) is 79.1 Å². The van der Waals surface area contributed by atoms with Crippen molar-refractivity contribution in [3.05, 3.63) is 0 Å². The first-order chi connectivity index (χ1) is 8.24. The summed E-state index contributed by atoms with van der Waals surface area (Å²) in [4.78, 5) is 0. The Labute approximate surface area is 112 Å². The Kier molecular flexibility index (Phi) is 11.5. The van der Waals surface area contributed by atoms with Gasteiger partial charge in [0.05, 0.1) is 8.07 Å². The summed E-state index contributed by atoms with van der Waals surface area (Å²) in [6.07, 6.45) is 11.6. The maximum absolute atomic E-state index is 2.36. The van der Waals surface area contributed by atoms with Gasteiger partial charge in [-0.2, -0.15) is 0 Å². The molecule has 104 valence electrons. The van der Waals surface area contributed by atoms with Crippen molar-refractivity contribution in [3.8, 4) is 0 Å². The van der Waals surface area contributed by atoms with Crippen molar-refractivity contribution in [1.82, 2.24) is 0 Å². The van der Waals surface area contributed by atoms with Gasteiger partial charge in [-0.25, -0.2) is 0 Å². The summed E-state index contributed by atoms with van der Waals surface area (Å²) in [6, 6.07) is 6.51. The van der Waals surface area contributed by atoms with E-state index >= 15 is 0 Å². The molecule has 0 aromatic carbocycles. The van der Waals surface area contributed by atoms with E-state index in [1.165, 1.54) is 51.4 Å². The van der Waals surface area contributed by atoms with Gasteiger partial charge in [-0.1, -0.05) is 103 Å². The fourth-order valence-corrected chi connectivity index (χ4v) is 8.87. The van der Waals surface area contributed by atoms with E-state index in [1.807, 2.05) is 0 Å². The van der Waals surface area contributed by atoms with Gasteiger partial charge in [0.2, 0.25) is 0 Å². The highest BCUT2D eigenvalue weighted by molar-refractivity contribution is 6.79. The molecule has 0 bridgehead atoms. The van der Waals surface area contributed by atoms with Crippen LogP contribution >= 0.6 is 0 Å². The first-order valence-electron chi connectivity index (χ1n) is 8.24. The summed E-state index contributed by atoms with van der Waals surface area (Å²) < 4.78 is 0. The SMILES string of the molecule is CCCC[Si](CCCC)(CCCC)CCCC. The van der Waals surface area contributed by atoms with Gasteiger partial charge >= 0.3 is 0 Å². The number of rotatable bonds is 12. The normalized spacial score (nSPS) is 12.0. The number of hydrogen-bond donors (Lipinski definition) is 0. The van der Waals surface area contributed by atoms with E-state index in [-0.39, 0.29) is 0 Å². The van der Waals surface area contributed by atoms with E-state index < -0.39 is 8.07 Å². The Morgan fingerprint density at radius 2 is 0.706 bits per heavy atom. The minimum Gasteiger partial charge on any atom is -0.0654 e. The van der Waals surface area contributed by atoms with E-state index in [0.29, 0.717) is 0 Å². The Balaban J connectivity index is 4.39. The van der Waals surface area contributed by atoms with Crippen molar-refractivity contribution in [2.24, 2.45) is 0 Å². The molecule has 0 aliphatic carbocycles. The summed E-state index contributed by atoms with van der Waals surface area (Å²) >= 11 is 0. The third-order valence-electron chi connectivity index (χ3n) is 4.24. The van der Waals surface area contributed by atoms with Gasteiger partial charge in [0.1, 0.15) is 0 Å². The van der Waals surface area contributed by atoms with Crippen LogP contribution in [0.25, 0.3) is 0 Å². The first-order valence-corrected chi connectivity index (χ1v) is 11.1. The largest absolute Gasteiger partial charge is 0.0654 e. The molecule has 0 saturated carbocycles. The number of hydrogen-bond acceptors (Lipinski definition) is 0. The minimum absolute atomic E-state index is 0.879. The van der Waals surface area contributed by atoms with Crippen molar-refractivity contribution in [2.75, 3.05) is 0 Å². The fraction of sp³-hybridized carbons (Fsp3) is 1.00. The van der Waals surface area contributed by atoms with Crippen LogP contribution < -0.4 is 0 Å². The zero-order valence-corrected chi connectivity index (χ0v) is 14.0. The van der Waals surface area contributed by atoms with Gasteiger partial charge < -0.3 is 0 Å². The Hall–Kier alpha value is 0.217. The van der Waals surface area contributed by atoms with Crippen molar-refractivity contribution >= 4 is 8.07 Å². The molecule has 0 heterocycles. The molecule has 0 aliphatic heterocycles. The second kappa shape index (κ2) is 11.3. The molecule has 0 rings (SSSR count). The lowest BCUT2D eigenvalue weighted by atomic mass is 10.4. The standard InChI is InChI=1S/C16H36Si/c1-5-9-13-17(14-10-6-2,15-11-7-3)16-12-8-4/h5-16H2,1-4H3. The zero-order chi connectivity index (χ0) is 13.0. The van der Waals surface area contributed by atoms with Gasteiger partial charge in [-0.05, 0) is 0 Å². The molecule has 0 radical (unpaired) electrons. The van der Waals surface area contributed by atoms with Gasteiger partial charge in [0, 0.05) is 0 Å². The Morgan fingerprint density at radius 3 is 0.882 bits per heavy atom. The smallest absolute Gasteiger partial charge is 0.0535 e.